The third kappa shape index (κ3) is 3.45. The Hall–Kier alpha value is -2.56. The van der Waals surface area contributed by atoms with E-state index in [0.29, 0.717) is 18.0 Å². The van der Waals surface area contributed by atoms with Crippen molar-refractivity contribution in [1.82, 2.24) is 4.98 Å². The fourth-order valence-electron chi connectivity index (χ4n) is 1.61. The van der Waals surface area contributed by atoms with Crippen molar-refractivity contribution in [2.45, 2.75) is 6.92 Å². The van der Waals surface area contributed by atoms with Gasteiger partial charge in [0.1, 0.15) is 11.4 Å². The molecule has 0 aliphatic rings. The number of carbonyl (C=O) groups is 1. The largest absolute Gasteiger partial charge is 0.494 e. The SMILES string of the molecule is CCOc1cccc(NC(=O)c2cccc(=O)[nH]2)c1. The van der Waals surface area contributed by atoms with E-state index < -0.39 is 0 Å². The molecule has 0 saturated carbocycles. The van der Waals surface area contributed by atoms with Crippen LogP contribution in [0, 0.1) is 0 Å². The summed E-state index contributed by atoms with van der Waals surface area (Å²) < 4.78 is 5.34. The molecule has 1 aromatic carbocycles. The lowest BCUT2D eigenvalue weighted by Gasteiger charge is -2.07. The van der Waals surface area contributed by atoms with Gasteiger partial charge in [0.15, 0.2) is 0 Å². The molecule has 1 aromatic heterocycles. The maximum atomic E-state index is 11.9. The molecule has 0 fully saturated rings. The molecule has 5 heteroatoms. The van der Waals surface area contributed by atoms with E-state index in [1.807, 2.05) is 13.0 Å². The van der Waals surface area contributed by atoms with Crippen LogP contribution in [-0.4, -0.2) is 17.5 Å². The zero-order chi connectivity index (χ0) is 13.7. The van der Waals surface area contributed by atoms with Crippen LogP contribution in [0.3, 0.4) is 0 Å². The summed E-state index contributed by atoms with van der Waals surface area (Å²) in [6.45, 7) is 2.45. The molecular weight excluding hydrogens is 244 g/mol. The summed E-state index contributed by atoms with van der Waals surface area (Å²) in [5, 5.41) is 2.70. The first kappa shape index (κ1) is 12.9. The van der Waals surface area contributed by atoms with E-state index in [4.69, 9.17) is 4.74 Å². The van der Waals surface area contributed by atoms with Crippen LogP contribution in [0.1, 0.15) is 17.4 Å². The van der Waals surface area contributed by atoms with Gasteiger partial charge in [-0.2, -0.15) is 0 Å². The second-order valence-electron chi connectivity index (χ2n) is 3.84. The zero-order valence-corrected chi connectivity index (χ0v) is 10.5. The van der Waals surface area contributed by atoms with Crippen molar-refractivity contribution in [3.8, 4) is 5.75 Å². The number of anilines is 1. The average Bonchev–Trinajstić information content (AvgIpc) is 2.39. The standard InChI is InChI=1S/C14H14N2O3/c1-2-19-11-6-3-5-10(9-11)15-14(18)12-7-4-8-13(17)16-12/h3-9H,2H2,1H3,(H,15,18)(H,16,17). The number of pyridine rings is 1. The number of amides is 1. The zero-order valence-electron chi connectivity index (χ0n) is 10.5. The van der Waals surface area contributed by atoms with Crippen LogP contribution < -0.4 is 15.6 Å². The molecule has 0 spiro atoms. The lowest BCUT2D eigenvalue weighted by molar-refractivity contribution is 0.102. The maximum Gasteiger partial charge on any atom is 0.272 e. The highest BCUT2D eigenvalue weighted by molar-refractivity contribution is 6.02. The van der Waals surface area contributed by atoms with Gasteiger partial charge >= 0.3 is 0 Å². The van der Waals surface area contributed by atoms with Crippen LogP contribution in [0.25, 0.3) is 0 Å². The second-order valence-corrected chi connectivity index (χ2v) is 3.84. The van der Waals surface area contributed by atoms with Crippen molar-refractivity contribution in [3.63, 3.8) is 0 Å². The van der Waals surface area contributed by atoms with Crippen molar-refractivity contribution in [2.75, 3.05) is 11.9 Å². The first-order chi connectivity index (χ1) is 9.19. The number of carbonyl (C=O) groups excluding carboxylic acids is 1. The Morgan fingerprint density at radius 3 is 2.79 bits per heavy atom. The number of aromatic amines is 1. The number of hydrogen-bond donors (Lipinski definition) is 2. The predicted molar refractivity (Wildman–Crippen MR) is 72.6 cm³/mol. The summed E-state index contributed by atoms with van der Waals surface area (Å²) in [6, 6.07) is 11.5. The van der Waals surface area contributed by atoms with Crippen LogP contribution in [0.2, 0.25) is 0 Å². The van der Waals surface area contributed by atoms with Gasteiger partial charge in [0, 0.05) is 17.8 Å². The summed E-state index contributed by atoms with van der Waals surface area (Å²) >= 11 is 0. The third-order valence-electron chi connectivity index (χ3n) is 2.42. The van der Waals surface area contributed by atoms with E-state index >= 15 is 0 Å². The highest BCUT2D eigenvalue weighted by Crippen LogP contribution is 2.17. The van der Waals surface area contributed by atoms with Crippen LogP contribution in [0.5, 0.6) is 5.75 Å². The Morgan fingerprint density at radius 1 is 1.26 bits per heavy atom. The molecule has 0 atom stereocenters. The fraction of sp³-hybridized carbons (Fsp3) is 0.143. The maximum absolute atomic E-state index is 11.9. The lowest BCUT2D eigenvalue weighted by atomic mass is 10.2. The molecule has 98 valence electrons. The van der Waals surface area contributed by atoms with Gasteiger partial charge in [-0.15, -0.1) is 0 Å². The third-order valence-corrected chi connectivity index (χ3v) is 2.42. The highest BCUT2D eigenvalue weighted by atomic mass is 16.5. The van der Waals surface area contributed by atoms with E-state index in [1.54, 1.807) is 24.3 Å². The summed E-state index contributed by atoms with van der Waals surface area (Å²) in [5.41, 5.74) is 0.519. The van der Waals surface area contributed by atoms with Gasteiger partial charge < -0.3 is 15.0 Å². The van der Waals surface area contributed by atoms with Gasteiger partial charge in [0.05, 0.1) is 6.61 Å². The minimum atomic E-state index is -0.369. The minimum absolute atomic E-state index is 0.217. The number of H-pyrrole nitrogens is 1. The number of nitrogens with one attached hydrogen (secondary N) is 2. The minimum Gasteiger partial charge on any atom is -0.494 e. The molecule has 0 aliphatic carbocycles. The molecule has 19 heavy (non-hydrogen) atoms. The first-order valence-electron chi connectivity index (χ1n) is 5.92. The molecular formula is C14H14N2O3. The fourth-order valence-corrected chi connectivity index (χ4v) is 1.61. The summed E-state index contributed by atoms with van der Waals surface area (Å²) in [6.07, 6.45) is 0. The molecule has 0 aliphatic heterocycles. The van der Waals surface area contributed by atoms with E-state index in [1.165, 1.54) is 12.1 Å². The number of aromatic nitrogens is 1. The number of rotatable bonds is 4. The molecule has 2 aromatic rings. The predicted octanol–water partition coefficient (Wildman–Crippen LogP) is 2.03. The van der Waals surface area contributed by atoms with E-state index in [0.717, 1.165) is 0 Å². The summed E-state index contributed by atoms with van der Waals surface area (Å²) in [4.78, 5) is 25.5. The first-order valence-corrected chi connectivity index (χ1v) is 5.92. The van der Waals surface area contributed by atoms with Gasteiger partial charge in [-0.05, 0) is 25.1 Å². The van der Waals surface area contributed by atoms with Crippen molar-refractivity contribution < 1.29 is 9.53 Å². The van der Waals surface area contributed by atoms with Crippen LogP contribution >= 0.6 is 0 Å². The van der Waals surface area contributed by atoms with Crippen molar-refractivity contribution in [1.29, 1.82) is 0 Å². The molecule has 0 bridgehead atoms. The molecule has 0 saturated heterocycles. The Labute approximate surface area is 110 Å². The van der Waals surface area contributed by atoms with E-state index in [2.05, 4.69) is 10.3 Å². The Balaban J connectivity index is 2.14. The monoisotopic (exact) mass is 258 g/mol. The topological polar surface area (TPSA) is 71.2 Å². The summed E-state index contributed by atoms with van der Waals surface area (Å²) in [5.74, 6) is 0.313. The molecule has 0 radical (unpaired) electrons. The Morgan fingerprint density at radius 2 is 2.05 bits per heavy atom. The highest BCUT2D eigenvalue weighted by Gasteiger charge is 2.07. The number of benzene rings is 1. The van der Waals surface area contributed by atoms with Crippen LogP contribution in [-0.2, 0) is 0 Å². The van der Waals surface area contributed by atoms with Gasteiger partial charge in [-0.25, -0.2) is 0 Å². The summed E-state index contributed by atoms with van der Waals surface area (Å²) in [7, 11) is 0. The number of ether oxygens (including phenoxy) is 1. The van der Waals surface area contributed by atoms with Gasteiger partial charge in [-0.1, -0.05) is 12.1 Å². The normalized spacial score (nSPS) is 9.95. The van der Waals surface area contributed by atoms with Gasteiger partial charge in [0.25, 0.3) is 5.91 Å². The van der Waals surface area contributed by atoms with Crippen LogP contribution in [0.15, 0.2) is 47.3 Å². The van der Waals surface area contributed by atoms with Gasteiger partial charge in [-0.3, -0.25) is 9.59 Å². The molecule has 2 N–H and O–H groups in total. The smallest absolute Gasteiger partial charge is 0.272 e. The van der Waals surface area contributed by atoms with E-state index in [9.17, 15) is 9.59 Å². The number of hydrogen-bond acceptors (Lipinski definition) is 3. The molecule has 1 heterocycles. The lowest BCUT2D eigenvalue weighted by Crippen LogP contribution is -2.17. The Kier molecular flexibility index (Phi) is 3.97. The molecule has 2 rings (SSSR count). The molecule has 0 unspecified atom stereocenters. The van der Waals surface area contributed by atoms with Crippen LogP contribution in [0.4, 0.5) is 5.69 Å². The molecule has 5 nitrogen and oxygen atoms in total. The van der Waals surface area contributed by atoms with Crippen molar-refractivity contribution in [2.24, 2.45) is 0 Å². The van der Waals surface area contributed by atoms with Gasteiger partial charge in [0.2, 0.25) is 5.56 Å². The van der Waals surface area contributed by atoms with Crippen molar-refractivity contribution >= 4 is 11.6 Å². The second kappa shape index (κ2) is 5.86. The molecule has 1 amide bonds. The average molecular weight is 258 g/mol. The Bertz CT molecular complexity index is 634. The quantitative estimate of drug-likeness (QED) is 0.881. The van der Waals surface area contributed by atoms with Crippen molar-refractivity contribution in [3.05, 3.63) is 58.5 Å². The van der Waals surface area contributed by atoms with E-state index in [-0.39, 0.29) is 17.2 Å².